The quantitative estimate of drug-likeness (QED) is 0.496. The fourth-order valence-corrected chi connectivity index (χ4v) is 5.48. The van der Waals surface area contributed by atoms with Crippen LogP contribution in [0.3, 0.4) is 0 Å². The summed E-state index contributed by atoms with van der Waals surface area (Å²) in [6, 6.07) is 13.7. The zero-order chi connectivity index (χ0) is 23.5. The Kier molecular flexibility index (Phi) is 7.02. The lowest BCUT2D eigenvalue weighted by Gasteiger charge is -2.20. The Morgan fingerprint density at radius 1 is 1.03 bits per heavy atom. The lowest BCUT2D eigenvalue weighted by atomic mass is 10.1. The van der Waals surface area contributed by atoms with E-state index in [1.54, 1.807) is 57.2 Å². The fourth-order valence-electron chi connectivity index (χ4n) is 3.10. The number of anilines is 1. The summed E-state index contributed by atoms with van der Waals surface area (Å²) >= 11 is 1.34. The molecule has 2 N–H and O–H groups in total. The maximum Gasteiger partial charge on any atom is 0.348 e. The van der Waals surface area contributed by atoms with E-state index in [1.165, 1.54) is 18.4 Å². The van der Waals surface area contributed by atoms with Gasteiger partial charge in [-0.1, -0.05) is 12.1 Å². The summed E-state index contributed by atoms with van der Waals surface area (Å²) in [4.78, 5) is 24.8. The number of carbonyl (C=O) groups excluding carboxylic acids is 2. The molecule has 0 fully saturated rings. The van der Waals surface area contributed by atoms with Gasteiger partial charge in [-0.05, 0) is 74.5 Å². The lowest BCUT2D eigenvalue weighted by molar-refractivity contribution is -0.116. The van der Waals surface area contributed by atoms with Crippen molar-refractivity contribution in [1.29, 1.82) is 0 Å². The van der Waals surface area contributed by atoms with E-state index in [-0.39, 0.29) is 23.2 Å². The van der Waals surface area contributed by atoms with Crippen molar-refractivity contribution < 1.29 is 22.7 Å². The summed E-state index contributed by atoms with van der Waals surface area (Å²) in [6.07, 6.45) is 0.730. The lowest BCUT2D eigenvalue weighted by Crippen LogP contribution is -2.40. The smallest absolute Gasteiger partial charge is 0.348 e. The Labute approximate surface area is 191 Å². The minimum absolute atomic E-state index is 0.154. The Hall–Kier alpha value is -2.75. The van der Waals surface area contributed by atoms with Crippen LogP contribution in [0.4, 0.5) is 5.69 Å². The molecule has 0 unspecified atom stereocenters. The Bertz CT molecular complexity index is 1240. The second-order valence-corrected chi connectivity index (χ2v) is 11.2. The van der Waals surface area contributed by atoms with Crippen molar-refractivity contribution in [3.63, 3.8) is 0 Å². The second kappa shape index (κ2) is 9.40. The molecule has 1 aromatic heterocycles. The van der Waals surface area contributed by atoms with E-state index in [4.69, 9.17) is 4.74 Å². The van der Waals surface area contributed by atoms with Crippen LogP contribution in [0.5, 0.6) is 0 Å². The Morgan fingerprint density at radius 2 is 1.72 bits per heavy atom. The van der Waals surface area contributed by atoms with Crippen molar-refractivity contribution in [3.05, 3.63) is 59.0 Å². The minimum atomic E-state index is -3.59. The Morgan fingerprint density at radius 3 is 2.34 bits per heavy atom. The molecule has 170 valence electrons. The molecular weight excluding hydrogens is 448 g/mol. The van der Waals surface area contributed by atoms with Crippen LogP contribution in [0.1, 0.15) is 42.4 Å². The largest absolute Gasteiger partial charge is 0.465 e. The molecule has 0 aliphatic heterocycles. The van der Waals surface area contributed by atoms with Gasteiger partial charge in [-0.2, -0.15) is 0 Å². The normalized spacial score (nSPS) is 12.0. The average molecular weight is 475 g/mol. The second-order valence-electron chi connectivity index (χ2n) is 8.40. The van der Waals surface area contributed by atoms with Crippen molar-refractivity contribution in [2.75, 3.05) is 12.4 Å². The topological polar surface area (TPSA) is 102 Å². The standard InChI is InChI=1S/C23H26N2O5S2/c1-23(2,3)25-32(28,29)18-9-5-15(6-10-18)7-12-21(26)24-17-8-11-19-16(13-17)14-20(31-19)22(27)30-4/h5-6,8-11,13-14,25H,7,12H2,1-4H3,(H,24,26). The molecule has 0 saturated carbocycles. The van der Waals surface area contributed by atoms with E-state index in [2.05, 4.69) is 10.0 Å². The molecule has 0 saturated heterocycles. The maximum atomic E-state index is 12.4. The number of ether oxygens (including phenoxy) is 1. The number of fused-ring (bicyclic) bond motifs is 1. The summed E-state index contributed by atoms with van der Waals surface area (Å²) in [7, 11) is -2.25. The van der Waals surface area contributed by atoms with Gasteiger partial charge < -0.3 is 10.1 Å². The highest BCUT2D eigenvalue weighted by Gasteiger charge is 2.21. The van der Waals surface area contributed by atoms with E-state index in [0.717, 1.165) is 15.6 Å². The van der Waals surface area contributed by atoms with Crippen LogP contribution in [0.2, 0.25) is 0 Å². The summed E-state index contributed by atoms with van der Waals surface area (Å²) in [5.74, 6) is -0.538. The van der Waals surface area contributed by atoms with E-state index in [0.29, 0.717) is 17.0 Å². The highest BCUT2D eigenvalue weighted by Crippen LogP contribution is 2.28. The summed E-state index contributed by atoms with van der Waals surface area (Å²) < 4.78 is 33.0. The molecule has 1 heterocycles. The zero-order valence-electron chi connectivity index (χ0n) is 18.4. The predicted molar refractivity (Wildman–Crippen MR) is 127 cm³/mol. The number of aryl methyl sites for hydroxylation is 1. The van der Waals surface area contributed by atoms with Crippen molar-refractivity contribution in [3.8, 4) is 0 Å². The highest BCUT2D eigenvalue weighted by atomic mass is 32.2. The van der Waals surface area contributed by atoms with Gasteiger partial charge in [0.1, 0.15) is 4.88 Å². The third-order valence-electron chi connectivity index (χ3n) is 4.50. The molecular formula is C23H26N2O5S2. The van der Waals surface area contributed by atoms with Gasteiger partial charge in [-0.3, -0.25) is 4.79 Å². The molecule has 3 rings (SSSR count). The van der Waals surface area contributed by atoms with Crippen LogP contribution in [0.15, 0.2) is 53.4 Å². The first-order valence-corrected chi connectivity index (χ1v) is 12.3. The van der Waals surface area contributed by atoms with Crippen molar-refractivity contribution in [1.82, 2.24) is 4.72 Å². The molecule has 32 heavy (non-hydrogen) atoms. The van der Waals surface area contributed by atoms with Crippen LogP contribution in [0, 0.1) is 0 Å². The maximum absolute atomic E-state index is 12.4. The summed E-state index contributed by atoms with van der Waals surface area (Å²) in [5.41, 5.74) is 0.944. The molecule has 0 aliphatic carbocycles. The number of nitrogens with one attached hydrogen (secondary N) is 2. The molecule has 9 heteroatoms. The number of carbonyl (C=O) groups is 2. The number of hydrogen-bond acceptors (Lipinski definition) is 6. The van der Waals surface area contributed by atoms with Gasteiger partial charge in [0, 0.05) is 22.3 Å². The number of methoxy groups -OCH3 is 1. The van der Waals surface area contributed by atoms with Crippen molar-refractivity contribution in [2.24, 2.45) is 0 Å². The number of esters is 1. The van der Waals surface area contributed by atoms with Gasteiger partial charge in [0.25, 0.3) is 0 Å². The fraction of sp³-hybridized carbons (Fsp3) is 0.304. The zero-order valence-corrected chi connectivity index (χ0v) is 20.0. The van der Waals surface area contributed by atoms with Crippen LogP contribution in [-0.4, -0.2) is 32.9 Å². The molecule has 7 nitrogen and oxygen atoms in total. The molecule has 3 aromatic rings. The third-order valence-corrected chi connectivity index (χ3v) is 7.37. The van der Waals surface area contributed by atoms with Crippen LogP contribution in [0.25, 0.3) is 10.1 Å². The third kappa shape index (κ3) is 6.15. The van der Waals surface area contributed by atoms with E-state index in [9.17, 15) is 18.0 Å². The van der Waals surface area contributed by atoms with Gasteiger partial charge >= 0.3 is 5.97 Å². The van der Waals surface area contributed by atoms with Crippen LogP contribution >= 0.6 is 11.3 Å². The van der Waals surface area contributed by atoms with Crippen molar-refractivity contribution >= 4 is 49.0 Å². The minimum Gasteiger partial charge on any atom is -0.465 e. The monoisotopic (exact) mass is 474 g/mol. The summed E-state index contributed by atoms with van der Waals surface area (Å²) in [5, 5.41) is 3.72. The first-order chi connectivity index (χ1) is 15.0. The summed E-state index contributed by atoms with van der Waals surface area (Å²) in [6.45, 7) is 5.35. The molecule has 2 aromatic carbocycles. The number of amides is 1. The van der Waals surface area contributed by atoms with E-state index in [1.807, 2.05) is 12.1 Å². The highest BCUT2D eigenvalue weighted by molar-refractivity contribution is 7.89. The van der Waals surface area contributed by atoms with E-state index < -0.39 is 15.6 Å². The van der Waals surface area contributed by atoms with Crippen LogP contribution < -0.4 is 10.0 Å². The number of benzene rings is 2. The van der Waals surface area contributed by atoms with Gasteiger partial charge in [-0.25, -0.2) is 17.9 Å². The van der Waals surface area contributed by atoms with E-state index >= 15 is 0 Å². The molecule has 0 atom stereocenters. The first kappa shape index (κ1) is 23.9. The SMILES string of the molecule is COC(=O)c1cc2cc(NC(=O)CCc3ccc(S(=O)(=O)NC(C)(C)C)cc3)ccc2s1. The predicted octanol–water partition coefficient (Wildman–Crippen LogP) is 4.34. The van der Waals surface area contributed by atoms with Gasteiger partial charge in [-0.15, -0.1) is 11.3 Å². The first-order valence-electron chi connectivity index (χ1n) is 10.0. The van der Waals surface area contributed by atoms with Crippen LogP contribution in [-0.2, 0) is 26.0 Å². The van der Waals surface area contributed by atoms with Gasteiger partial charge in [0.05, 0.1) is 12.0 Å². The molecule has 0 aliphatic rings. The molecule has 1 amide bonds. The number of hydrogen-bond donors (Lipinski definition) is 2. The molecule has 0 bridgehead atoms. The number of thiophene rings is 1. The molecule has 0 spiro atoms. The number of rotatable bonds is 7. The van der Waals surface area contributed by atoms with Gasteiger partial charge in [0.2, 0.25) is 15.9 Å². The average Bonchev–Trinajstić information content (AvgIpc) is 3.13. The van der Waals surface area contributed by atoms with Crippen molar-refractivity contribution in [2.45, 2.75) is 44.0 Å². The Balaban J connectivity index is 1.59. The van der Waals surface area contributed by atoms with Gasteiger partial charge in [0.15, 0.2) is 0 Å². The molecule has 0 radical (unpaired) electrons. The number of sulfonamides is 1.